The van der Waals surface area contributed by atoms with E-state index in [1.807, 2.05) is 0 Å². The zero-order valence-corrected chi connectivity index (χ0v) is 12.9. The van der Waals surface area contributed by atoms with Crippen molar-refractivity contribution in [2.75, 3.05) is 33.9 Å². The first-order valence-electron chi connectivity index (χ1n) is 6.99. The smallest absolute Gasteiger partial charge is 0.411 e. The normalized spacial score (nSPS) is 15.3. The van der Waals surface area contributed by atoms with Crippen molar-refractivity contribution >= 4 is 5.91 Å². The van der Waals surface area contributed by atoms with Crippen LogP contribution in [0.3, 0.4) is 0 Å². The fraction of sp³-hybridized carbons (Fsp3) is 0.533. The number of benzene rings is 1. The summed E-state index contributed by atoms with van der Waals surface area (Å²) in [4.78, 5) is 13.5. The first-order valence-corrected chi connectivity index (χ1v) is 6.99. The molecule has 0 unspecified atom stereocenters. The highest BCUT2D eigenvalue weighted by molar-refractivity contribution is 5.79. The molecule has 0 aromatic heterocycles. The van der Waals surface area contributed by atoms with Crippen LogP contribution in [0.5, 0.6) is 11.5 Å². The van der Waals surface area contributed by atoms with Crippen molar-refractivity contribution in [1.82, 2.24) is 4.90 Å². The first-order chi connectivity index (χ1) is 10.8. The molecule has 8 heteroatoms. The maximum absolute atomic E-state index is 12.1. The predicted octanol–water partition coefficient (Wildman–Crippen LogP) is 2.04. The van der Waals surface area contributed by atoms with Gasteiger partial charge in [-0.15, -0.1) is 0 Å². The molecule has 0 atom stereocenters. The van der Waals surface area contributed by atoms with E-state index in [0.29, 0.717) is 11.5 Å². The number of rotatable bonds is 6. The van der Waals surface area contributed by atoms with E-state index >= 15 is 0 Å². The minimum absolute atomic E-state index is 0.145. The Labute approximate surface area is 131 Å². The lowest BCUT2D eigenvalue weighted by Gasteiger charge is -2.39. The van der Waals surface area contributed by atoms with Crippen LogP contribution in [-0.2, 0) is 16.0 Å². The molecule has 1 aromatic carbocycles. The molecule has 1 fully saturated rings. The second kappa shape index (κ2) is 7.08. The lowest BCUT2D eigenvalue weighted by molar-refractivity contribution is -0.199. The van der Waals surface area contributed by atoms with Gasteiger partial charge in [0.2, 0.25) is 5.91 Å². The van der Waals surface area contributed by atoms with E-state index in [2.05, 4.69) is 4.74 Å². The van der Waals surface area contributed by atoms with Gasteiger partial charge in [-0.1, -0.05) is 6.07 Å². The van der Waals surface area contributed by atoms with Crippen LogP contribution >= 0.6 is 0 Å². The third-order valence-corrected chi connectivity index (χ3v) is 3.49. The van der Waals surface area contributed by atoms with Crippen LogP contribution < -0.4 is 9.47 Å². The third kappa shape index (κ3) is 4.75. The average molecular weight is 333 g/mol. The molecule has 0 N–H and O–H groups in total. The number of carbonyl (C=O) groups excluding carboxylic acids is 1. The average Bonchev–Trinajstić information content (AvgIpc) is 2.44. The molecule has 1 heterocycles. The topological polar surface area (TPSA) is 48.0 Å². The number of hydrogen-bond acceptors (Lipinski definition) is 4. The third-order valence-electron chi connectivity index (χ3n) is 3.49. The highest BCUT2D eigenvalue weighted by atomic mass is 19.4. The molecular weight excluding hydrogens is 315 g/mol. The number of amides is 1. The van der Waals surface area contributed by atoms with Gasteiger partial charge in [0.1, 0.15) is 6.61 Å². The number of halogens is 3. The first kappa shape index (κ1) is 17.4. The Bertz CT molecular complexity index is 556. The SMILES string of the molecule is COc1ccc(CC(=O)N2CC(OCC(F)(F)F)C2)cc1OC. The summed E-state index contributed by atoms with van der Waals surface area (Å²) in [5.74, 6) is 0.921. The predicted molar refractivity (Wildman–Crippen MR) is 75.6 cm³/mol. The van der Waals surface area contributed by atoms with Crippen molar-refractivity contribution in [2.24, 2.45) is 0 Å². The second-order valence-corrected chi connectivity index (χ2v) is 5.21. The van der Waals surface area contributed by atoms with Crippen molar-refractivity contribution < 1.29 is 32.2 Å². The zero-order valence-electron chi connectivity index (χ0n) is 12.9. The summed E-state index contributed by atoms with van der Waals surface area (Å²) in [6.45, 7) is -0.917. The molecule has 0 bridgehead atoms. The lowest BCUT2D eigenvalue weighted by Crippen LogP contribution is -2.55. The lowest BCUT2D eigenvalue weighted by atomic mass is 10.1. The number of carbonyl (C=O) groups is 1. The van der Waals surface area contributed by atoms with Crippen molar-refractivity contribution in [3.8, 4) is 11.5 Å². The fourth-order valence-electron chi connectivity index (χ4n) is 2.24. The molecule has 0 saturated carbocycles. The van der Waals surface area contributed by atoms with Crippen molar-refractivity contribution in [3.63, 3.8) is 0 Å². The maximum Gasteiger partial charge on any atom is 0.411 e. The van der Waals surface area contributed by atoms with Gasteiger partial charge in [0.25, 0.3) is 0 Å². The van der Waals surface area contributed by atoms with Crippen LogP contribution in [-0.4, -0.2) is 57.0 Å². The fourth-order valence-corrected chi connectivity index (χ4v) is 2.24. The Morgan fingerprint density at radius 3 is 2.43 bits per heavy atom. The Hall–Kier alpha value is -1.96. The number of likely N-dealkylation sites (tertiary alicyclic amines) is 1. The summed E-state index contributed by atoms with van der Waals surface area (Å²) in [6.07, 6.45) is -4.75. The molecule has 1 saturated heterocycles. The highest BCUT2D eigenvalue weighted by Crippen LogP contribution is 2.28. The standard InChI is InChI=1S/C15H18F3NO4/c1-21-12-4-3-10(5-13(12)22-2)6-14(20)19-7-11(8-19)23-9-15(16,17)18/h3-5,11H,6-9H2,1-2H3. The molecule has 1 amide bonds. The summed E-state index contributed by atoms with van der Waals surface area (Å²) in [6, 6.07) is 5.15. The Balaban J connectivity index is 1.82. The van der Waals surface area contributed by atoms with E-state index < -0.39 is 18.9 Å². The zero-order chi connectivity index (χ0) is 17.0. The van der Waals surface area contributed by atoms with Crippen molar-refractivity contribution in [3.05, 3.63) is 23.8 Å². The highest BCUT2D eigenvalue weighted by Gasteiger charge is 2.35. The molecule has 5 nitrogen and oxygen atoms in total. The molecule has 1 aromatic rings. The number of ether oxygens (including phenoxy) is 3. The van der Waals surface area contributed by atoms with E-state index in [1.165, 1.54) is 19.1 Å². The van der Waals surface area contributed by atoms with Crippen LogP contribution in [0.2, 0.25) is 0 Å². The molecule has 2 rings (SSSR count). The number of nitrogens with zero attached hydrogens (tertiary/aromatic N) is 1. The number of alkyl halides is 3. The largest absolute Gasteiger partial charge is 0.493 e. The number of methoxy groups -OCH3 is 2. The minimum Gasteiger partial charge on any atom is -0.493 e. The van der Waals surface area contributed by atoms with Gasteiger partial charge in [0, 0.05) is 13.1 Å². The van der Waals surface area contributed by atoms with Gasteiger partial charge in [-0.3, -0.25) is 4.79 Å². The van der Waals surface area contributed by atoms with Gasteiger partial charge in [0.05, 0.1) is 26.7 Å². The summed E-state index contributed by atoms with van der Waals surface area (Å²) >= 11 is 0. The summed E-state index contributed by atoms with van der Waals surface area (Å²) in [5, 5.41) is 0. The van der Waals surface area contributed by atoms with Crippen molar-refractivity contribution in [2.45, 2.75) is 18.7 Å². The van der Waals surface area contributed by atoms with Gasteiger partial charge < -0.3 is 19.1 Å². The van der Waals surface area contributed by atoms with Crippen LogP contribution in [0.1, 0.15) is 5.56 Å². The molecule has 128 valence electrons. The monoisotopic (exact) mass is 333 g/mol. The van der Waals surface area contributed by atoms with E-state index in [4.69, 9.17) is 9.47 Å². The van der Waals surface area contributed by atoms with E-state index in [9.17, 15) is 18.0 Å². The minimum atomic E-state index is -4.34. The second-order valence-electron chi connectivity index (χ2n) is 5.21. The van der Waals surface area contributed by atoms with Crippen LogP contribution in [0, 0.1) is 0 Å². The molecule has 1 aliphatic heterocycles. The van der Waals surface area contributed by atoms with E-state index in [-0.39, 0.29) is 25.4 Å². The summed E-state index contributed by atoms with van der Waals surface area (Å²) < 4.78 is 51.0. The van der Waals surface area contributed by atoms with Crippen LogP contribution in [0.25, 0.3) is 0 Å². The summed E-state index contributed by atoms with van der Waals surface area (Å²) in [5.41, 5.74) is 0.743. The van der Waals surface area contributed by atoms with Gasteiger partial charge >= 0.3 is 6.18 Å². The molecular formula is C15H18F3NO4. The molecule has 0 aliphatic carbocycles. The molecule has 0 spiro atoms. The number of hydrogen-bond donors (Lipinski definition) is 0. The molecule has 0 radical (unpaired) electrons. The Morgan fingerprint density at radius 1 is 1.22 bits per heavy atom. The van der Waals surface area contributed by atoms with Gasteiger partial charge in [-0.2, -0.15) is 13.2 Å². The molecule has 23 heavy (non-hydrogen) atoms. The van der Waals surface area contributed by atoms with Crippen molar-refractivity contribution in [1.29, 1.82) is 0 Å². The van der Waals surface area contributed by atoms with Gasteiger partial charge in [-0.25, -0.2) is 0 Å². The summed E-state index contributed by atoms with van der Waals surface area (Å²) in [7, 11) is 3.02. The quantitative estimate of drug-likeness (QED) is 0.799. The van der Waals surface area contributed by atoms with Gasteiger partial charge in [-0.05, 0) is 17.7 Å². The van der Waals surface area contributed by atoms with E-state index in [1.54, 1.807) is 18.2 Å². The van der Waals surface area contributed by atoms with E-state index in [0.717, 1.165) is 5.56 Å². The Kier molecular flexibility index (Phi) is 5.35. The van der Waals surface area contributed by atoms with Crippen LogP contribution in [0.15, 0.2) is 18.2 Å². The maximum atomic E-state index is 12.1. The molecule has 1 aliphatic rings. The van der Waals surface area contributed by atoms with Gasteiger partial charge in [0.15, 0.2) is 11.5 Å². The van der Waals surface area contributed by atoms with Crippen LogP contribution in [0.4, 0.5) is 13.2 Å². The Morgan fingerprint density at radius 2 is 1.87 bits per heavy atom.